The Morgan fingerprint density at radius 1 is 1.20 bits per heavy atom. The zero-order chi connectivity index (χ0) is 22.1. The fourth-order valence-electron chi connectivity index (χ4n) is 2.86. The number of alkyl halides is 2. The molecule has 0 spiro atoms. The molecule has 30 heavy (non-hydrogen) atoms. The number of carbonyl (C=O) groups is 1. The summed E-state index contributed by atoms with van der Waals surface area (Å²) in [5.74, 6) is -0.225. The SMILES string of the molecule is CNC(=O)C(NOC)c1cccc(C)c1CO/N=C(\C)c1cccc(OC(F)F)c1. The van der Waals surface area contributed by atoms with Crippen molar-refractivity contribution >= 4 is 11.6 Å². The maximum absolute atomic E-state index is 12.4. The number of ether oxygens (including phenoxy) is 1. The lowest BCUT2D eigenvalue weighted by Gasteiger charge is -2.20. The van der Waals surface area contributed by atoms with Gasteiger partial charge in [0.2, 0.25) is 5.91 Å². The predicted octanol–water partition coefficient (Wildman–Crippen LogP) is 3.48. The molecule has 2 aromatic rings. The zero-order valence-corrected chi connectivity index (χ0v) is 17.2. The summed E-state index contributed by atoms with van der Waals surface area (Å²) in [7, 11) is 2.97. The van der Waals surface area contributed by atoms with Gasteiger partial charge in [0.25, 0.3) is 0 Å². The highest BCUT2D eigenvalue weighted by molar-refractivity contribution is 5.98. The molecule has 1 unspecified atom stereocenters. The third kappa shape index (κ3) is 6.23. The van der Waals surface area contributed by atoms with E-state index in [1.165, 1.54) is 26.3 Å². The molecule has 2 rings (SSSR count). The van der Waals surface area contributed by atoms with E-state index >= 15 is 0 Å². The predicted molar refractivity (Wildman–Crippen MR) is 108 cm³/mol. The number of aryl methyl sites for hydroxylation is 1. The highest BCUT2D eigenvalue weighted by Crippen LogP contribution is 2.23. The van der Waals surface area contributed by atoms with Crippen molar-refractivity contribution in [2.75, 3.05) is 14.2 Å². The van der Waals surface area contributed by atoms with Crippen LogP contribution in [0.2, 0.25) is 0 Å². The molecule has 0 aliphatic carbocycles. The van der Waals surface area contributed by atoms with Crippen molar-refractivity contribution in [3.63, 3.8) is 0 Å². The van der Waals surface area contributed by atoms with Crippen molar-refractivity contribution in [2.45, 2.75) is 33.1 Å². The Kier molecular flexibility index (Phi) is 8.70. The van der Waals surface area contributed by atoms with Crippen molar-refractivity contribution in [3.05, 3.63) is 64.7 Å². The topological polar surface area (TPSA) is 81.2 Å². The maximum atomic E-state index is 12.4. The first-order chi connectivity index (χ1) is 14.4. The molecule has 0 aliphatic heterocycles. The number of amides is 1. The average molecular weight is 421 g/mol. The largest absolute Gasteiger partial charge is 0.435 e. The molecule has 7 nitrogen and oxygen atoms in total. The van der Waals surface area contributed by atoms with Gasteiger partial charge in [0.1, 0.15) is 18.4 Å². The second-order valence-electron chi connectivity index (χ2n) is 6.37. The van der Waals surface area contributed by atoms with Gasteiger partial charge in [0, 0.05) is 18.2 Å². The summed E-state index contributed by atoms with van der Waals surface area (Å²) in [6.07, 6.45) is 0. The first-order valence-corrected chi connectivity index (χ1v) is 9.17. The molecule has 0 saturated heterocycles. The van der Waals surface area contributed by atoms with Crippen molar-refractivity contribution in [1.29, 1.82) is 0 Å². The van der Waals surface area contributed by atoms with E-state index < -0.39 is 12.7 Å². The third-order valence-electron chi connectivity index (χ3n) is 4.39. The first kappa shape index (κ1) is 23.2. The van der Waals surface area contributed by atoms with Gasteiger partial charge < -0.3 is 19.7 Å². The molecule has 2 N–H and O–H groups in total. The fourth-order valence-corrected chi connectivity index (χ4v) is 2.86. The maximum Gasteiger partial charge on any atom is 0.387 e. The molecule has 0 saturated carbocycles. The highest BCUT2D eigenvalue weighted by Gasteiger charge is 2.23. The van der Waals surface area contributed by atoms with E-state index in [2.05, 4.69) is 20.7 Å². The van der Waals surface area contributed by atoms with Crippen LogP contribution in [0.25, 0.3) is 0 Å². The van der Waals surface area contributed by atoms with E-state index in [4.69, 9.17) is 9.68 Å². The van der Waals surface area contributed by atoms with E-state index in [1.807, 2.05) is 19.1 Å². The van der Waals surface area contributed by atoms with Crippen LogP contribution in [0, 0.1) is 6.92 Å². The lowest BCUT2D eigenvalue weighted by Crippen LogP contribution is -2.36. The molecular formula is C21H25F2N3O4. The summed E-state index contributed by atoms with van der Waals surface area (Å²) >= 11 is 0. The lowest BCUT2D eigenvalue weighted by atomic mass is 9.96. The lowest BCUT2D eigenvalue weighted by molar-refractivity contribution is -0.126. The number of nitrogens with zero attached hydrogens (tertiary/aromatic N) is 1. The molecule has 0 fully saturated rings. The van der Waals surface area contributed by atoms with Crippen LogP contribution >= 0.6 is 0 Å². The second-order valence-corrected chi connectivity index (χ2v) is 6.37. The van der Waals surface area contributed by atoms with Crippen LogP contribution in [-0.4, -0.2) is 32.4 Å². The Hall–Kier alpha value is -3.04. The Labute approximate surface area is 174 Å². The molecule has 162 valence electrons. The molecule has 1 atom stereocenters. The van der Waals surface area contributed by atoms with E-state index in [1.54, 1.807) is 25.1 Å². The minimum absolute atomic E-state index is 0.0392. The van der Waals surface area contributed by atoms with Gasteiger partial charge in [-0.1, -0.05) is 35.5 Å². The van der Waals surface area contributed by atoms with E-state index in [9.17, 15) is 13.6 Å². The first-order valence-electron chi connectivity index (χ1n) is 9.17. The smallest absolute Gasteiger partial charge is 0.387 e. The van der Waals surface area contributed by atoms with Crippen LogP contribution in [0.3, 0.4) is 0 Å². The highest BCUT2D eigenvalue weighted by atomic mass is 19.3. The van der Waals surface area contributed by atoms with Gasteiger partial charge >= 0.3 is 6.61 Å². The number of likely N-dealkylation sites (N-methyl/N-ethyl adjacent to an activating group) is 1. The zero-order valence-electron chi connectivity index (χ0n) is 17.2. The van der Waals surface area contributed by atoms with E-state index in [-0.39, 0.29) is 18.3 Å². The standard InChI is InChI=1S/C21H25F2N3O4/c1-13-7-5-10-17(19(26-28-4)20(27)24-3)18(13)12-29-25-14(2)15-8-6-9-16(11-15)30-21(22)23/h5-11,19,21,26H,12H2,1-4H3,(H,24,27)/b25-14+. The van der Waals surface area contributed by atoms with Gasteiger partial charge in [-0.15, -0.1) is 0 Å². The van der Waals surface area contributed by atoms with Crippen LogP contribution < -0.4 is 15.5 Å². The minimum atomic E-state index is -2.90. The van der Waals surface area contributed by atoms with Gasteiger partial charge in [-0.3, -0.25) is 4.79 Å². The van der Waals surface area contributed by atoms with Crippen molar-refractivity contribution < 1.29 is 28.0 Å². The molecule has 1 amide bonds. The summed E-state index contributed by atoms with van der Waals surface area (Å²) < 4.78 is 29.2. The number of rotatable bonds is 10. The summed E-state index contributed by atoms with van der Waals surface area (Å²) in [4.78, 5) is 22.7. The van der Waals surface area contributed by atoms with E-state index in [0.29, 0.717) is 16.8 Å². The number of benzene rings is 2. The van der Waals surface area contributed by atoms with Gasteiger partial charge in [0.05, 0.1) is 12.8 Å². The third-order valence-corrected chi connectivity index (χ3v) is 4.39. The van der Waals surface area contributed by atoms with Crippen molar-refractivity contribution in [1.82, 2.24) is 10.8 Å². The average Bonchev–Trinajstić information content (AvgIpc) is 2.72. The van der Waals surface area contributed by atoms with Crippen LogP contribution in [0.5, 0.6) is 5.75 Å². The normalized spacial score (nSPS) is 12.6. The second kappa shape index (κ2) is 11.2. The van der Waals surface area contributed by atoms with Gasteiger partial charge in [-0.2, -0.15) is 14.3 Å². The fraction of sp³-hybridized carbons (Fsp3) is 0.333. The molecule has 0 heterocycles. The molecule has 0 aliphatic rings. The number of hydrogen-bond donors (Lipinski definition) is 2. The summed E-state index contributed by atoms with van der Waals surface area (Å²) in [6.45, 7) is 0.797. The molecular weight excluding hydrogens is 396 g/mol. The van der Waals surface area contributed by atoms with E-state index in [0.717, 1.165) is 11.1 Å². The van der Waals surface area contributed by atoms with Crippen LogP contribution in [0.1, 0.15) is 35.2 Å². The van der Waals surface area contributed by atoms with Crippen LogP contribution in [-0.2, 0) is 21.1 Å². The monoisotopic (exact) mass is 421 g/mol. The quantitative estimate of drug-likeness (QED) is 0.454. The van der Waals surface area contributed by atoms with Gasteiger partial charge in [-0.05, 0) is 37.1 Å². The summed E-state index contributed by atoms with van der Waals surface area (Å²) in [5.41, 5.74) is 6.15. The molecule has 2 aromatic carbocycles. The Morgan fingerprint density at radius 2 is 1.93 bits per heavy atom. The Balaban J connectivity index is 2.20. The molecule has 0 radical (unpaired) electrons. The summed E-state index contributed by atoms with van der Waals surface area (Å²) in [6, 6.07) is 11.0. The minimum Gasteiger partial charge on any atom is -0.435 e. The Bertz CT molecular complexity index is 890. The van der Waals surface area contributed by atoms with Crippen LogP contribution in [0.15, 0.2) is 47.6 Å². The number of hydrogen-bond acceptors (Lipinski definition) is 6. The van der Waals surface area contributed by atoms with Crippen LogP contribution in [0.4, 0.5) is 8.78 Å². The van der Waals surface area contributed by atoms with Gasteiger partial charge in [-0.25, -0.2) is 0 Å². The molecule has 9 heteroatoms. The number of hydroxylamine groups is 1. The number of carbonyl (C=O) groups excluding carboxylic acids is 1. The van der Waals surface area contributed by atoms with Crippen molar-refractivity contribution in [2.24, 2.45) is 5.16 Å². The number of nitrogens with one attached hydrogen (secondary N) is 2. The molecule has 0 aromatic heterocycles. The van der Waals surface area contributed by atoms with Crippen molar-refractivity contribution in [3.8, 4) is 5.75 Å². The number of halogens is 2. The molecule has 0 bridgehead atoms. The van der Waals surface area contributed by atoms with Gasteiger partial charge in [0.15, 0.2) is 0 Å². The number of oxime groups is 1. The Morgan fingerprint density at radius 3 is 2.60 bits per heavy atom. The summed E-state index contributed by atoms with van der Waals surface area (Å²) in [5, 5.41) is 6.68.